The molecule has 3 rings (SSSR count). The number of allylic oxidation sites excluding steroid dienone is 2. The standard InChI is InChI=1S/C20H30N2O3/c1-13(2)11-17(20(25)21-10-6-7-14(3)12-21)22-18(23)15-8-4-5-9-16(15)19(22)24/h4-5,13-17H,6-12H2,1-3H3/t14-,15-,16-,17+/m0/s1. The number of nitrogens with zero attached hydrogens (tertiary/aromatic N) is 2. The van der Waals surface area contributed by atoms with Crippen molar-refractivity contribution in [3.63, 3.8) is 0 Å². The summed E-state index contributed by atoms with van der Waals surface area (Å²) in [5, 5.41) is 0. The molecule has 3 amide bonds. The number of carbonyl (C=O) groups is 3. The van der Waals surface area contributed by atoms with Gasteiger partial charge < -0.3 is 4.90 Å². The van der Waals surface area contributed by atoms with Gasteiger partial charge >= 0.3 is 0 Å². The maximum Gasteiger partial charge on any atom is 0.245 e. The van der Waals surface area contributed by atoms with E-state index in [1.807, 2.05) is 30.9 Å². The summed E-state index contributed by atoms with van der Waals surface area (Å²) in [6.45, 7) is 7.71. The van der Waals surface area contributed by atoms with Crippen LogP contribution in [0.3, 0.4) is 0 Å². The Morgan fingerprint density at radius 3 is 2.28 bits per heavy atom. The van der Waals surface area contributed by atoms with Crippen LogP contribution in [0, 0.1) is 23.7 Å². The zero-order valence-electron chi connectivity index (χ0n) is 15.6. The average molecular weight is 346 g/mol. The van der Waals surface area contributed by atoms with Gasteiger partial charge in [0.05, 0.1) is 11.8 Å². The van der Waals surface area contributed by atoms with Crippen LogP contribution in [0.2, 0.25) is 0 Å². The fraction of sp³-hybridized carbons (Fsp3) is 0.750. The van der Waals surface area contributed by atoms with Crippen molar-refractivity contribution >= 4 is 17.7 Å². The van der Waals surface area contributed by atoms with E-state index >= 15 is 0 Å². The molecule has 0 saturated carbocycles. The van der Waals surface area contributed by atoms with E-state index in [4.69, 9.17) is 0 Å². The second-order valence-electron chi connectivity index (χ2n) is 8.38. The number of fused-ring (bicyclic) bond motifs is 1. The van der Waals surface area contributed by atoms with Gasteiger partial charge in [0.2, 0.25) is 17.7 Å². The number of carbonyl (C=O) groups excluding carboxylic acids is 3. The molecule has 25 heavy (non-hydrogen) atoms. The Hall–Kier alpha value is -1.65. The van der Waals surface area contributed by atoms with Crippen LogP contribution in [0.15, 0.2) is 12.2 Å². The number of hydrogen-bond acceptors (Lipinski definition) is 3. The topological polar surface area (TPSA) is 57.7 Å². The fourth-order valence-electron chi connectivity index (χ4n) is 4.50. The molecule has 0 unspecified atom stereocenters. The van der Waals surface area contributed by atoms with Gasteiger partial charge in [-0.1, -0.05) is 32.9 Å². The van der Waals surface area contributed by atoms with Gasteiger partial charge in [0, 0.05) is 13.1 Å². The largest absolute Gasteiger partial charge is 0.341 e. The van der Waals surface area contributed by atoms with E-state index in [0.29, 0.717) is 25.2 Å². The van der Waals surface area contributed by atoms with E-state index in [2.05, 4.69) is 6.92 Å². The average Bonchev–Trinajstić information content (AvgIpc) is 2.84. The molecule has 0 bridgehead atoms. The van der Waals surface area contributed by atoms with E-state index in [1.54, 1.807) is 0 Å². The molecule has 3 aliphatic rings. The minimum atomic E-state index is -0.629. The number of amides is 3. The Balaban J connectivity index is 1.84. The summed E-state index contributed by atoms with van der Waals surface area (Å²) in [5.41, 5.74) is 0. The zero-order chi connectivity index (χ0) is 18.1. The molecule has 1 aliphatic carbocycles. The van der Waals surface area contributed by atoms with Crippen molar-refractivity contribution in [2.75, 3.05) is 13.1 Å². The molecule has 138 valence electrons. The maximum absolute atomic E-state index is 13.2. The van der Waals surface area contributed by atoms with Crippen LogP contribution in [-0.4, -0.2) is 46.7 Å². The number of likely N-dealkylation sites (tertiary alicyclic amines) is 2. The summed E-state index contributed by atoms with van der Waals surface area (Å²) in [7, 11) is 0. The van der Waals surface area contributed by atoms with Gasteiger partial charge in [-0.25, -0.2) is 0 Å². The minimum absolute atomic E-state index is 0.0337. The van der Waals surface area contributed by atoms with Gasteiger partial charge in [0.15, 0.2) is 0 Å². The van der Waals surface area contributed by atoms with Gasteiger partial charge in [-0.15, -0.1) is 0 Å². The van der Waals surface area contributed by atoms with Crippen molar-refractivity contribution in [2.45, 2.75) is 58.9 Å². The summed E-state index contributed by atoms with van der Waals surface area (Å²) in [6, 6.07) is -0.629. The molecule has 4 atom stereocenters. The number of imide groups is 1. The van der Waals surface area contributed by atoms with Crippen LogP contribution in [-0.2, 0) is 14.4 Å². The SMILES string of the molecule is CC(C)C[C@H](C(=O)N1CCC[C@H](C)C1)N1C(=O)[C@H]2CC=CC[C@@H]2C1=O. The molecule has 2 fully saturated rings. The molecular formula is C20H30N2O3. The first-order valence-corrected chi connectivity index (χ1v) is 9.70. The lowest BCUT2D eigenvalue weighted by atomic mass is 9.85. The third-order valence-electron chi connectivity index (χ3n) is 5.80. The van der Waals surface area contributed by atoms with Crippen molar-refractivity contribution in [1.82, 2.24) is 9.80 Å². The van der Waals surface area contributed by atoms with Crippen LogP contribution in [0.25, 0.3) is 0 Å². The third kappa shape index (κ3) is 3.51. The predicted octanol–water partition coefficient (Wildman–Crippen LogP) is 2.61. The molecule has 2 heterocycles. The normalized spacial score (nSPS) is 30.8. The van der Waals surface area contributed by atoms with Gasteiger partial charge in [-0.3, -0.25) is 19.3 Å². The second-order valence-corrected chi connectivity index (χ2v) is 8.38. The van der Waals surface area contributed by atoms with Crippen molar-refractivity contribution < 1.29 is 14.4 Å². The number of rotatable bonds is 4. The number of piperidine rings is 1. The Bertz CT molecular complexity index is 557. The molecule has 0 radical (unpaired) electrons. The van der Waals surface area contributed by atoms with Crippen LogP contribution in [0.5, 0.6) is 0 Å². The summed E-state index contributed by atoms with van der Waals surface area (Å²) in [4.78, 5) is 42.3. The van der Waals surface area contributed by atoms with E-state index in [-0.39, 0.29) is 35.5 Å². The first-order valence-electron chi connectivity index (χ1n) is 9.70. The van der Waals surface area contributed by atoms with E-state index < -0.39 is 6.04 Å². The summed E-state index contributed by atoms with van der Waals surface area (Å²) < 4.78 is 0. The van der Waals surface area contributed by atoms with Gasteiger partial charge in [0.25, 0.3) is 0 Å². The number of hydrogen-bond donors (Lipinski definition) is 0. The molecule has 0 aromatic carbocycles. The second kappa shape index (κ2) is 7.30. The van der Waals surface area contributed by atoms with Gasteiger partial charge in [-0.05, 0) is 43.9 Å². The van der Waals surface area contributed by atoms with Crippen LogP contribution >= 0.6 is 0 Å². The first kappa shape index (κ1) is 18.2. The summed E-state index contributed by atoms with van der Waals surface area (Å²) >= 11 is 0. The van der Waals surface area contributed by atoms with E-state index in [0.717, 1.165) is 25.9 Å². The Morgan fingerprint density at radius 2 is 1.76 bits per heavy atom. The Labute approximate surface area is 150 Å². The molecule has 0 N–H and O–H groups in total. The maximum atomic E-state index is 13.2. The van der Waals surface area contributed by atoms with Crippen molar-refractivity contribution in [2.24, 2.45) is 23.7 Å². The summed E-state index contributed by atoms with van der Waals surface area (Å²) in [5.74, 6) is -0.104. The zero-order valence-corrected chi connectivity index (χ0v) is 15.6. The quantitative estimate of drug-likeness (QED) is 0.581. The lowest BCUT2D eigenvalue weighted by Gasteiger charge is -2.36. The van der Waals surface area contributed by atoms with Gasteiger partial charge in [0.1, 0.15) is 6.04 Å². The fourth-order valence-corrected chi connectivity index (χ4v) is 4.50. The Kier molecular flexibility index (Phi) is 5.30. The van der Waals surface area contributed by atoms with Crippen molar-refractivity contribution in [3.05, 3.63) is 12.2 Å². The summed E-state index contributed by atoms with van der Waals surface area (Å²) in [6.07, 6.45) is 7.90. The van der Waals surface area contributed by atoms with Crippen LogP contribution in [0.4, 0.5) is 0 Å². The highest BCUT2D eigenvalue weighted by atomic mass is 16.2. The van der Waals surface area contributed by atoms with E-state index in [9.17, 15) is 14.4 Å². The highest BCUT2D eigenvalue weighted by Crippen LogP contribution is 2.37. The first-order chi connectivity index (χ1) is 11.9. The molecular weight excluding hydrogens is 316 g/mol. The molecule has 5 nitrogen and oxygen atoms in total. The van der Waals surface area contributed by atoms with Gasteiger partial charge in [-0.2, -0.15) is 0 Å². The highest BCUT2D eigenvalue weighted by molar-refractivity contribution is 6.08. The molecule has 0 aromatic heterocycles. The monoisotopic (exact) mass is 346 g/mol. The van der Waals surface area contributed by atoms with Crippen molar-refractivity contribution in [3.8, 4) is 0 Å². The highest BCUT2D eigenvalue weighted by Gasteiger charge is 2.51. The molecule has 5 heteroatoms. The molecule has 0 spiro atoms. The molecule has 2 saturated heterocycles. The predicted molar refractivity (Wildman–Crippen MR) is 95.4 cm³/mol. The lowest BCUT2D eigenvalue weighted by Crippen LogP contribution is -2.53. The van der Waals surface area contributed by atoms with E-state index in [1.165, 1.54) is 4.90 Å². The lowest BCUT2D eigenvalue weighted by molar-refractivity contribution is -0.153. The Morgan fingerprint density at radius 1 is 1.16 bits per heavy atom. The van der Waals surface area contributed by atoms with Crippen LogP contribution in [0.1, 0.15) is 52.9 Å². The molecule has 2 aliphatic heterocycles. The molecule has 0 aromatic rings. The van der Waals surface area contributed by atoms with Crippen molar-refractivity contribution in [1.29, 1.82) is 0 Å². The minimum Gasteiger partial charge on any atom is -0.341 e. The smallest absolute Gasteiger partial charge is 0.245 e. The van der Waals surface area contributed by atoms with Crippen LogP contribution < -0.4 is 0 Å². The third-order valence-corrected chi connectivity index (χ3v) is 5.80.